The zero-order chi connectivity index (χ0) is 21.5. The van der Waals surface area contributed by atoms with Gasteiger partial charge in [0.25, 0.3) is 0 Å². The van der Waals surface area contributed by atoms with E-state index in [0.717, 1.165) is 5.56 Å². The first-order chi connectivity index (χ1) is 14.5. The van der Waals surface area contributed by atoms with Crippen molar-refractivity contribution in [2.45, 2.75) is 0 Å². The SMILES string of the molecule is COc1ccc(C(=O)C=Cc2ccc(OC(=O)c3ccc(Cl)cc3)c(OC)c2)cc1. The first kappa shape index (κ1) is 21.1. The molecule has 0 aliphatic rings. The predicted octanol–water partition coefficient (Wildman–Crippen LogP) is 5.47. The fourth-order valence-corrected chi connectivity index (χ4v) is 2.77. The molecule has 0 saturated heterocycles. The first-order valence-electron chi connectivity index (χ1n) is 9.02. The minimum Gasteiger partial charge on any atom is -0.497 e. The summed E-state index contributed by atoms with van der Waals surface area (Å²) in [7, 11) is 3.05. The lowest BCUT2D eigenvalue weighted by molar-refractivity contribution is 0.0729. The lowest BCUT2D eigenvalue weighted by Gasteiger charge is -2.10. The number of methoxy groups -OCH3 is 2. The van der Waals surface area contributed by atoms with Gasteiger partial charge in [-0.1, -0.05) is 23.7 Å². The van der Waals surface area contributed by atoms with Crippen LogP contribution in [0.5, 0.6) is 17.2 Å². The van der Waals surface area contributed by atoms with E-state index in [1.807, 2.05) is 0 Å². The normalized spacial score (nSPS) is 10.6. The minimum atomic E-state index is -0.525. The van der Waals surface area contributed by atoms with Gasteiger partial charge in [0, 0.05) is 10.6 Å². The van der Waals surface area contributed by atoms with Crippen LogP contribution in [0.15, 0.2) is 72.8 Å². The van der Waals surface area contributed by atoms with E-state index in [1.54, 1.807) is 79.9 Å². The molecule has 30 heavy (non-hydrogen) atoms. The number of esters is 1. The Balaban J connectivity index is 1.72. The quantitative estimate of drug-likeness (QED) is 0.218. The van der Waals surface area contributed by atoms with Gasteiger partial charge in [-0.25, -0.2) is 4.79 Å². The van der Waals surface area contributed by atoms with Gasteiger partial charge in [0.2, 0.25) is 0 Å². The number of allylic oxidation sites excluding steroid dienone is 1. The van der Waals surface area contributed by atoms with E-state index in [4.69, 9.17) is 25.8 Å². The highest BCUT2D eigenvalue weighted by atomic mass is 35.5. The summed E-state index contributed by atoms with van der Waals surface area (Å²) in [4.78, 5) is 24.6. The van der Waals surface area contributed by atoms with Crippen LogP contribution in [0.2, 0.25) is 5.02 Å². The second-order valence-electron chi connectivity index (χ2n) is 6.23. The largest absolute Gasteiger partial charge is 0.497 e. The molecule has 0 aliphatic carbocycles. The highest BCUT2D eigenvalue weighted by Gasteiger charge is 2.13. The number of carbonyl (C=O) groups excluding carboxylic acids is 2. The molecule has 0 bridgehead atoms. The molecule has 0 fully saturated rings. The smallest absolute Gasteiger partial charge is 0.343 e. The van der Waals surface area contributed by atoms with Gasteiger partial charge in [-0.2, -0.15) is 0 Å². The monoisotopic (exact) mass is 422 g/mol. The highest BCUT2D eigenvalue weighted by Crippen LogP contribution is 2.29. The molecule has 0 spiro atoms. The van der Waals surface area contributed by atoms with E-state index in [-0.39, 0.29) is 11.5 Å². The zero-order valence-electron chi connectivity index (χ0n) is 16.4. The summed E-state index contributed by atoms with van der Waals surface area (Å²) < 4.78 is 15.8. The van der Waals surface area contributed by atoms with E-state index < -0.39 is 5.97 Å². The number of hydrogen-bond donors (Lipinski definition) is 0. The van der Waals surface area contributed by atoms with Crippen LogP contribution in [0.1, 0.15) is 26.3 Å². The van der Waals surface area contributed by atoms with Crippen molar-refractivity contribution in [3.05, 3.63) is 94.5 Å². The molecular weight excluding hydrogens is 404 g/mol. The summed E-state index contributed by atoms with van der Waals surface area (Å²) in [5, 5.41) is 0.532. The average molecular weight is 423 g/mol. The Hall–Kier alpha value is -3.57. The van der Waals surface area contributed by atoms with Crippen LogP contribution >= 0.6 is 11.6 Å². The van der Waals surface area contributed by atoms with Gasteiger partial charge in [-0.15, -0.1) is 0 Å². The molecule has 0 unspecified atom stereocenters. The Morgan fingerprint density at radius 1 is 0.800 bits per heavy atom. The lowest BCUT2D eigenvalue weighted by atomic mass is 10.1. The molecule has 0 atom stereocenters. The molecule has 3 rings (SSSR count). The van der Waals surface area contributed by atoms with Gasteiger partial charge >= 0.3 is 5.97 Å². The molecule has 152 valence electrons. The van der Waals surface area contributed by atoms with E-state index in [9.17, 15) is 9.59 Å². The van der Waals surface area contributed by atoms with Crippen LogP contribution in [0.3, 0.4) is 0 Å². The molecule has 0 saturated carbocycles. The maximum absolute atomic E-state index is 12.3. The fraction of sp³-hybridized carbons (Fsp3) is 0.0833. The molecule has 0 radical (unpaired) electrons. The number of benzene rings is 3. The summed E-state index contributed by atoms with van der Waals surface area (Å²) >= 11 is 5.84. The molecule has 0 amide bonds. The van der Waals surface area contributed by atoms with Gasteiger partial charge in [0.05, 0.1) is 19.8 Å². The Labute approximate surface area is 179 Å². The summed E-state index contributed by atoms with van der Waals surface area (Å²) in [6.07, 6.45) is 3.13. The molecule has 3 aromatic carbocycles. The van der Waals surface area contributed by atoms with E-state index in [0.29, 0.717) is 27.6 Å². The van der Waals surface area contributed by atoms with E-state index in [1.165, 1.54) is 13.2 Å². The van der Waals surface area contributed by atoms with Crippen molar-refractivity contribution >= 4 is 29.4 Å². The van der Waals surface area contributed by atoms with Crippen molar-refractivity contribution in [3.63, 3.8) is 0 Å². The van der Waals surface area contributed by atoms with Crippen LogP contribution in [0.4, 0.5) is 0 Å². The van der Waals surface area contributed by atoms with Crippen LogP contribution in [0.25, 0.3) is 6.08 Å². The molecular formula is C24H19ClO5. The highest BCUT2D eigenvalue weighted by molar-refractivity contribution is 6.30. The Kier molecular flexibility index (Phi) is 6.88. The molecule has 0 aliphatic heterocycles. The molecule has 0 N–H and O–H groups in total. The molecule has 5 nitrogen and oxygen atoms in total. The topological polar surface area (TPSA) is 61.8 Å². The minimum absolute atomic E-state index is 0.144. The second-order valence-corrected chi connectivity index (χ2v) is 6.67. The third-order valence-electron chi connectivity index (χ3n) is 4.27. The van der Waals surface area contributed by atoms with Crippen molar-refractivity contribution in [2.75, 3.05) is 14.2 Å². The van der Waals surface area contributed by atoms with Gasteiger partial charge in [0.15, 0.2) is 17.3 Å². The molecule has 6 heteroatoms. The lowest BCUT2D eigenvalue weighted by Crippen LogP contribution is -2.09. The van der Waals surface area contributed by atoms with E-state index >= 15 is 0 Å². The molecule has 0 heterocycles. The van der Waals surface area contributed by atoms with E-state index in [2.05, 4.69) is 0 Å². The number of hydrogen-bond acceptors (Lipinski definition) is 5. The number of halogens is 1. The van der Waals surface area contributed by atoms with Crippen molar-refractivity contribution < 1.29 is 23.8 Å². The van der Waals surface area contributed by atoms with Gasteiger partial charge < -0.3 is 14.2 Å². The van der Waals surface area contributed by atoms with Crippen molar-refractivity contribution in [1.82, 2.24) is 0 Å². The fourth-order valence-electron chi connectivity index (χ4n) is 2.64. The van der Waals surface area contributed by atoms with Crippen molar-refractivity contribution in [3.8, 4) is 17.2 Å². The van der Waals surface area contributed by atoms with Crippen LogP contribution < -0.4 is 14.2 Å². The summed E-state index contributed by atoms with van der Waals surface area (Å²) in [6, 6.07) is 18.3. The third kappa shape index (κ3) is 5.27. The molecule has 0 aromatic heterocycles. The Morgan fingerprint density at radius 3 is 2.10 bits per heavy atom. The average Bonchev–Trinajstić information content (AvgIpc) is 2.78. The van der Waals surface area contributed by atoms with Crippen LogP contribution in [-0.4, -0.2) is 26.0 Å². The summed E-state index contributed by atoms with van der Waals surface area (Å²) in [5.41, 5.74) is 1.64. The summed E-state index contributed by atoms with van der Waals surface area (Å²) in [6.45, 7) is 0. The number of carbonyl (C=O) groups is 2. The Morgan fingerprint density at radius 2 is 1.47 bits per heavy atom. The number of ketones is 1. The van der Waals surface area contributed by atoms with Crippen LogP contribution in [0, 0.1) is 0 Å². The van der Waals surface area contributed by atoms with Crippen molar-refractivity contribution in [1.29, 1.82) is 0 Å². The second kappa shape index (κ2) is 9.76. The number of ether oxygens (including phenoxy) is 3. The third-order valence-corrected chi connectivity index (χ3v) is 4.52. The maximum atomic E-state index is 12.3. The number of rotatable bonds is 7. The standard InChI is InChI=1S/C24H19ClO5/c1-28-20-11-7-17(8-12-20)21(26)13-3-16-4-14-22(23(15-16)29-2)30-24(27)18-5-9-19(25)10-6-18/h3-15H,1-2H3. The van der Waals surface area contributed by atoms with Gasteiger partial charge in [-0.3, -0.25) is 4.79 Å². The maximum Gasteiger partial charge on any atom is 0.343 e. The summed E-state index contributed by atoms with van der Waals surface area (Å²) in [5.74, 6) is 0.661. The first-order valence-corrected chi connectivity index (χ1v) is 9.40. The van der Waals surface area contributed by atoms with Gasteiger partial charge in [-0.05, 0) is 72.3 Å². The Bertz CT molecular complexity index is 1070. The van der Waals surface area contributed by atoms with Crippen LogP contribution in [-0.2, 0) is 0 Å². The van der Waals surface area contributed by atoms with Gasteiger partial charge in [0.1, 0.15) is 5.75 Å². The molecule has 3 aromatic rings. The predicted molar refractivity (Wildman–Crippen MR) is 116 cm³/mol. The zero-order valence-corrected chi connectivity index (χ0v) is 17.2. The van der Waals surface area contributed by atoms with Crippen molar-refractivity contribution in [2.24, 2.45) is 0 Å².